The molecule has 1 aromatic carbocycles. The number of halogens is 1. The van der Waals surface area contributed by atoms with Crippen LogP contribution in [0.4, 0.5) is 0 Å². The first-order chi connectivity index (χ1) is 10.5. The summed E-state index contributed by atoms with van der Waals surface area (Å²) in [6, 6.07) is 6.52. The van der Waals surface area contributed by atoms with Crippen LogP contribution < -0.4 is 0 Å². The van der Waals surface area contributed by atoms with Crippen molar-refractivity contribution < 1.29 is 13.2 Å². The summed E-state index contributed by atoms with van der Waals surface area (Å²) in [5, 5.41) is 0.791. The molecular formula is C16H20ClNO3S. The third-order valence-corrected chi connectivity index (χ3v) is 7.25. The fourth-order valence-electron chi connectivity index (χ4n) is 4.21. The van der Waals surface area contributed by atoms with E-state index in [1.807, 2.05) is 6.07 Å². The Morgan fingerprint density at radius 3 is 3.00 bits per heavy atom. The van der Waals surface area contributed by atoms with Gasteiger partial charge in [0.25, 0.3) is 0 Å². The molecule has 120 valence electrons. The lowest BCUT2D eigenvalue weighted by atomic mass is 9.98. The SMILES string of the molecule is O=S1(=O)CCC2(CN(C3CCc4cc(Cl)ccc43)CCO2)C1. The van der Waals surface area contributed by atoms with Crippen LogP contribution in [0, 0.1) is 0 Å². The smallest absolute Gasteiger partial charge is 0.153 e. The Hall–Kier alpha value is -0.620. The van der Waals surface area contributed by atoms with Gasteiger partial charge in [0.05, 0.1) is 23.7 Å². The van der Waals surface area contributed by atoms with Crippen molar-refractivity contribution in [1.82, 2.24) is 4.90 Å². The summed E-state index contributed by atoms with van der Waals surface area (Å²) in [6.07, 6.45) is 2.76. The van der Waals surface area contributed by atoms with Crippen LogP contribution in [0.25, 0.3) is 0 Å². The van der Waals surface area contributed by atoms with Gasteiger partial charge in [-0.15, -0.1) is 0 Å². The molecule has 2 fully saturated rings. The van der Waals surface area contributed by atoms with E-state index in [1.165, 1.54) is 11.1 Å². The normalized spacial score (nSPS) is 34.1. The first-order valence-electron chi connectivity index (χ1n) is 7.83. The molecule has 0 N–H and O–H groups in total. The summed E-state index contributed by atoms with van der Waals surface area (Å²) in [5.74, 6) is 0.439. The molecule has 22 heavy (non-hydrogen) atoms. The molecule has 2 atom stereocenters. The van der Waals surface area contributed by atoms with Crippen molar-refractivity contribution in [3.63, 3.8) is 0 Å². The Morgan fingerprint density at radius 2 is 2.23 bits per heavy atom. The van der Waals surface area contributed by atoms with Gasteiger partial charge in [0.1, 0.15) is 0 Å². The zero-order valence-electron chi connectivity index (χ0n) is 12.4. The lowest BCUT2D eigenvalue weighted by Crippen LogP contribution is -2.53. The fourth-order valence-corrected chi connectivity index (χ4v) is 6.35. The molecule has 0 aromatic heterocycles. The zero-order valence-corrected chi connectivity index (χ0v) is 14.0. The quantitative estimate of drug-likeness (QED) is 0.785. The molecule has 2 unspecified atom stereocenters. The lowest BCUT2D eigenvalue weighted by Gasteiger charge is -2.42. The number of nitrogens with zero attached hydrogens (tertiary/aromatic N) is 1. The lowest BCUT2D eigenvalue weighted by molar-refractivity contribution is -0.104. The van der Waals surface area contributed by atoms with Gasteiger partial charge < -0.3 is 4.74 Å². The van der Waals surface area contributed by atoms with Crippen molar-refractivity contribution in [1.29, 1.82) is 0 Å². The second-order valence-corrected chi connectivity index (χ2v) is 9.36. The second-order valence-electron chi connectivity index (χ2n) is 6.74. The van der Waals surface area contributed by atoms with Gasteiger partial charge >= 0.3 is 0 Å². The van der Waals surface area contributed by atoms with Gasteiger partial charge in [-0.25, -0.2) is 8.42 Å². The van der Waals surface area contributed by atoms with Gasteiger partial charge in [-0.05, 0) is 42.5 Å². The van der Waals surface area contributed by atoms with Crippen molar-refractivity contribution in [3.05, 3.63) is 34.3 Å². The van der Waals surface area contributed by atoms with Crippen LogP contribution in [0.1, 0.15) is 30.0 Å². The van der Waals surface area contributed by atoms with Crippen LogP contribution in [0.3, 0.4) is 0 Å². The molecule has 0 bridgehead atoms. The number of aryl methyl sites for hydroxylation is 1. The van der Waals surface area contributed by atoms with Crippen molar-refractivity contribution in [2.24, 2.45) is 0 Å². The van der Waals surface area contributed by atoms with E-state index in [1.54, 1.807) is 0 Å². The van der Waals surface area contributed by atoms with E-state index in [0.717, 1.165) is 31.0 Å². The number of hydrogen-bond donors (Lipinski definition) is 0. The highest BCUT2D eigenvalue weighted by atomic mass is 35.5. The number of morpholine rings is 1. The maximum absolute atomic E-state index is 11.9. The Morgan fingerprint density at radius 1 is 1.36 bits per heavy atom. The van der Waals surface area contributed by atoms with Crippen molar-refractivity contribution in [2.75, 3.05) is 31.2 Å². The predicted molar refractivity (Wildman–Crippen MR) is 86.0 cm³/mol. The maximum Gasteiger partial charge on any atom is 0.153 e. The summed E-state index contributed by atoms with van der Waals surface area (Å²) < 4.78 is 29.6. The average Bonchev–Trinajstić information content (AvgIpc) is 3.00. The highest BCUT2D eigenvalue weighted by Crippen LogP contribution is 2.40. The van der Waals surface area contributed by atoms with Crippen LogP contribution in [0.15, 0.2) is 18.2 Å². The Kier molecular flexibility index (Phi) is 3.53. The van der Waals surface area contributed by atoms with Crippen molar-refractivity contribution >= 4 is 21.4 Å². The molecule has 1 spiro atoms. The molecule has 2 heterocycles. The topological polar surface area (TPSA) is 46.6 Å². The molecular weight excluding hydrogens is 322 g/mol. The van der Waals surface area contributed by atoms with Gasteiger partial charge in [0, 0.05) is 24.2 Å². The predicted octanol–water partition coefficient (Wildman–Crippen LogP) is 2.22. The van der Waals surface area contributed by atoms with E-state index < -0.39 is 15.4 Å². The summed E-state index contributed by atoms with van der Waals surface area (Å²) in [5.41, 5.74) is 2.20. The van der Waals surface area contributed by atoms with Gasteiger partial charge in [-0.2, -0.15) is 0 Å². The first-order valence-corrected chi connectivity index (χ1v) is 10.0. The van der Waals surface area contributed by atoms with Crippen LogP contribution in [-0.2, 0) is 21.0 Å². The van der Waals surface area contributed by atoms with Crippen LogP contribution in [0.5, 0.6) is 0 Å². The Labute approximate surface area is 136 Å². The van der Waals surface area contributed by atoms with E-state index in [4.69, 9.17) is 16.3 Å². The number of rotatable bonds is 1. The standard InChI is InChI=1S/C16H20ClNO3S/c17-13-2-3-14-12(9-13)1-4-15(14)18-6-7-21-16(10-18)5-8-22(19,20)11-16/h2-3,9,15H,1,4-8,10-11H2. The third-order valence-electron chi connectivity index (χ3n) is 5.22. The van der Waals surface area contributed by atoms with Gasteiger partial charge in [-0.3, -0.25) is 4.90 Å². The van der Waals surface area contributed by atoms with Crippen LogP contribution >= 0.6 is 11.6 Å². The number of fused-ring (bicyclic) bond motifs is 1. The summed E-state index contributed by atoms with van der Waals surface area (Å²) >= 11 is 6.09. The van der Waals surface area contributed by atoms with Crippen molar-refractivity contribution in [3.8, 4) is 0 Å². The molecule has 6 heteroatoms. The highest BCUT2D eigenvalue weighted by molar-refractivity contribution is 7.91. The third kappa shape index (κ3) is 2.58. The molecule has 4 rings (SSSR count). The minimum Gasteiger partial charge on any atom is -0.371 e. The fraction of sp³-hybridized carbons (Fsp3) is 0.625. The van der Waals surface area contributed by atoms with E-state index in [0.29, 0.717) is 19.1 Å². The highest BCUT2D eigenvalue weighted by Gasteiger charge is 2.47. The molecule has 0 radical (unpaired) electrons. The van der Waals surface area contributed by atoms with Crippen LogP contribution in [-0.4, -0.2) is 50.1 Å². The van der Waals surface area contributed by atoms with E-state index in [9.17, 15) is 8.42 Å². The van der Waals surface area contributed by atoms with Crippen LogP contribution in [0.2, 0.25) is 5.02 Å². The van der Waals surface area contributed by atoms with E-state index >= 15 is 0 Å². The summed E-state index contributed by atoms with van der Waals surface area (Å²) in [7, 11) is -2.94. The minimum atomic E-state index is -2.94. The number of benzene rings is 1. The number of sulfone groups is 1. The molecule has 0 saturated carbocycles. The molecule has 3 aliphatic rings. The minimum absolute atomic E-state index is 0.177. The Balaban J connectivity index is 1.58. The largest absolute Gasteiger partial charge is 0.371 e. The van der Waals surface area contributed by atoms with Gasteiger partial charge in [-0.1, -0.05) is 17.7 Å². The van der Waals surface area contributed by atoms with E-state index in [2.05, 4.69) is 17.0 Å². The number of ether oxygens (including phenoxy) is 1. The monoisotopic (exact) mass is 341 g/mol. The number of hydrogen-bond acceptors (Lipinski definition) is 4. The maximum atomic E-state index is 11.9. The van der Waals surface area contributed by atoms with Gasteiger partial charge in [0.2, 0.25) is 0 Å². The molecule has 2 saturated heterocycles. The summed E-state index contributed by atoms with van der Waals surface area (Å²) in [4.78, 5) is 2.42. The first kappa shape index (κ1) is 14.9. The Bertz CT molecular complexity index is 705. The summed E-state index contributed by atoms with van der Waals surface area (Å²) in [6.45, 7) is 2.21. The zero-order chi connectivity index (χ0) is 15.4. The van der Waals surface area contributed by atoms with Crippen molar-refractivity contribution in [2.45, 2.75) is 30.9 Å². The average molecular weight is 342 g/mol. The second kappa shape index (κ2) is 5.20. The molecule has 4 nitrogen and oxygen atoms in total. The van der Waals surface area contributed by atoms with Gasteiger partial charge in [0.15, 0.2) is 9.84 Å². The molecule has 1 aliphatic carbocycles. The molecule has 1 aromatic rings. The molecule has 2 aliphatic heterocycles. The molecule has 0 amide bonds. The van der Waals surface area contributed by atoms with E-state index in [-0.39, 0.29) is 11.5 Å².